The number of nitrogens with zero attached hydrogens (tertiary/aromatic N) is 6. The molecule has 260 valence electrons. The highest BCUT2D eigenvalue weighted by Gasteiger charge is 2.24. The minimum absolute atomic E-state index is 0.145. The van der Waals surface area contributed by atoms with Gasteiger partial charge in [0.25, 0.3) is 0 Å². The van der Waals surface area contributed by atoms with Gasteiger partial charge in [-0.2, -0.15) is 10.2 Å². The van der Waals surface area contributed by atoms with E-state index in [0.29, 0.717) is 49.8 Å². The van der Waals surface area contributed by atoms with E-state index in [1.54, 1.807) is 18.2 Å². The first kappa shape index (κ1) is 38.5. The van der Waals surface area contributed by atoms with Gasteiger partial charge in [0.2, 0.25) is 5.91 Å². The molecule has 0 atom stereocenters. The van der Waals surface area contributed by atoms with Crippen molar-refractivity contribution in [2.75, 3.05) is 26.9 Å². The monoisotopic (exact) mass is 690 g/mol. The zero-order valence-corrected chi connectivity index (χ0v) is 29.8. The average Bonchev–Trinajstić information content (AvgIpc) is 3.89. The molecule has 5 aromatic rings. The number of amides is 1. The highest BCUT2D eigenvalue weighted by Crippen LogP contribution is 2.40. The van der Waals surface area contributed by atoms with Crippen molar-refractivity contribution < 1.29 is 23.0 Å². The molecule has 0 bridgehead atoms. The van der Waals surface area contributed by atoms with Gasteiger partial charge in [-0.1, -0.05) is 46.9 Å². The fourth-order valence-corrected chi connectivity index (χ4v) is 5.98. The number of pyridine rings is 1. The Morgan fingerprint density at radius 1 is 1.08 bits per heavy atom. The molecule has 9 nitrogen and oxygen atoms in total. The molecule has 0 spiro atoms. The van der Waals surface area contributed by atoms with Crippen LogP contribution in [0.1, 0.15) is 39.0 Å². The van der Waals surface area contributed by atoms with E-state index in [1.807, 2.05) is 79.8 Å². The lowest BCUT2D eigenvalue weighted by Crippen LogP contribution is -2.37. The molecule has 0 fully saturated rings. The predicted molar refractivity (Wildman–Crippen MR) is 196 cm³/mol. The van der Waals surface area contributed by atoms with Crippen LogP contribution in [0.15, 0.2) is 85.6 Å². The second-order valence-electron chi connectivity index (χ2n) is 9.99. The third kappa shape index (κ3) is 9.15. The van der Waals surface area contributed by atoms with Crippen molar-refractivity contribution in [2.45, 2.75) is 40.8 Å². The Labute approximate surface area is 290 Å². The van der Waals surface area contributed by atoms with Crippen LogP contribution in [0.25, 0.3) is 49.7 Å². The molecule has 6 rings (SSSR count). The summed E-state index contributed by atoms with van der Waals surface area (Å²) in [5.41, 5.74) is 5.01. The van der Waals surface area contributed by atoms with Crippen LogP contribution in [0.2, 0.25) is 0 Å². The van der Waals surface area contributed by atoms with Gasteiger partial charge in [0.05, 0.1) is 65.8 Å². The first-order valence-corrected chi connectivity index (χ1v) is 16.9. The molecule has 12 heteroatoms. The molecular weight excluding hydrogens is 647 g/mol. The first-order chi connectivity index (χ1) is 23.9. The lowest BCUT2D eigenvalue weighted by molar-refractivity contribution is -0.127. The SMILES string of the molecule is C=CC(=O)N1CCn2nc(-c3nc(-c4ccc5c(cnn5C)c4)c4sccc4c3C=C(F)/C=C/F)cc2C1.C=COCCOC.CC.CC. The number of hydrogen-bond acceptors (Lipinski definition) is 7. The Morgan fingerprint density at radius 2 is 1.86 bits per heavy atom. The van der Waals surface area contributed by atoms with Gasteiger partial charge in [-0.05, 0) is 41.8 Å². The molecule has 0 unspecified atom stereocenters. The van der Waals surface area contributed by atoms with Crippen LogP contribution in [-0.4, -0.2) is 62.2 Å². The molecule has 49 heavy (non-hydrogen) atoms. The van der Waals surface area contributed by atoms with E-state index < -0.39 is 5.83 Å². The van der Waals surface area contributed by atoms with Gasteiger partial charge in [0.15, 0.2) is 0 Å². The number of methoxy groups -OCH3 is 1. The molecule has 1 aromatic carbocycles. The molecule has 1 aliphatic rings. The van der Waals surface area contributed by atoms with Crippen LogP contribution >= 0.6 is 11.3 Å². The van der Waals surface area contributed by atoms with Gasteiger partial charge < -0.3 is 14.4 Å². The Bertz CT molecular complexity index is 1920. The van der Waals surface area contributed by atoms with Gasteiger partial charge in [-0.25, -0.2) is 13.8 Å². The topological polar surface area (TPSA) is 87.3 Å². The molecule has 0 N–H and O–H groups in total. The van der Waals surface area contributed by atoms with Crippen molar-refractivity contribution in [2.24, 2.45) is 7.05 Å². The number of aryl methyl sites for hydroxylation is 1. The molecule has 1 aliphatic heterocycles. The van der Waals surface area contributed by atoms with Crippen molar-refractivity contribution in [3.05, 3.63) is 96.9 Å². The summed E-state index contributed by atoms with van der Waals surface area (Å²) < 4.78 is 41.4. The fraction of sp³-hybridized carbons (Fsp3) is 0.297. The van der Waals surface area contributed by atoms with Crippen molar-refractivity contribution in [1.29, 1.82) is 0 Å². The Balaban J connectivity index is 0.000000522. The summed E-state index contributed by atoms with van der Waals surface area (Å²) >= 11 is 1.50. The zero-order valence-electron chi connectivity index (χ0n) is 29.0. The zero-order chi connectivity index (χ0) is 35.9. The van der Waals surface area contributed by atoms with Crippen LogP contribution in [0.4, 0.5) is 8.78 Å². The van der Waals surface area contributed by atoms with Crippen molar-refractivity contribution >= 4 is 44.3 Å². The highest BCUT2D eigenvalue weighted by atomic mass is 32.1. The number of thiophene rings is 1. The second kappa shape index (κ2) is 19.2. The van der Waals surface area contributed by atoms with E-state index in [0.717, 1.165) is 44.0 Å². The van der Waals surface area contributed by atoms with Crippen molar-refractivity contribution in [3.8, 4) is 22.6 Å². The van der Waals surface area contributed by atoms with Gasteiger partial charge in [0.1, 0.15) is 18.1 Å². The average molecular weight is 691 g/mol. The van der Waals surface area contributed by atoms with Gasteiger partial charge in [-0.15, -0.1) is 11.3 Å². The lowest BCUT2D eigenvalue weighted by atomic mass is 10.0. The fourth-order valence-electron chi connectivity index (χ4n) is 5.06. The number of rotatable bonds is 9. The van der Waals surface area contributed by atoms with E-state index in [4.69, 9.17) is 14.8 Å². The largest absolute Gasteiger partial charge is 0.499 e. The summed E-state index contributed by atoms with van der Waals surface area (Å²) in [5.74, 6) is -0.882. The number of allylic oxidation sites excluding steroid dienone is 2. The Morgan fingerprint density at radius 3 is 2.55 bits per heavy atom. The smallest absolute Gasteiger partial charge is 0.246 e. The molecule has 1 amide bonds. The summed E-state index contributed by atoms with van der Waals surface area (Å²) in [6.07, 6.45) is 6.73. The lowest BCUT2D eigenvalue weighted by Gasteiger charge is -2.26. The maximum Gasteiger partial charge on any atom is 0.246 e. The summed E-state index contributed by atoms with van der Waals surface area (Å²) in [6.45, 7) is 17.6. The second-order valence-corrected chi connectivity index (χ2v) is 10.9. The number of hydrogen-bond donors (Lipinski definition) is 0. The Kier molecular flexibility index (Phi) is 15.1. The minimum Gasteiger partial charge on any atom is -0.499 e. The molecular formula is C37H44F2N6O3S. The van der Waals surface area contributed by atoms with E-state index in [1.165, 1.54) is 29.8 Å². The standard InChI is InChI=1S/C28H22F2N6OS.C5H10O2.2C2H6/c1-3-25(37)35-9-10-36-20(16-35)14-23(33-36)27-22(13-19(30)6-8-29)21-7-11-38-28(21)26(32-27)17-4-5-24-18(12-17)15-31-34(24)2;1-3-7-5-4-6-2;2*1-2/h3-8,11-15H,1,9-10,16H2,2H3;3H,1,4-5H2,2H3;2*1-2H3/b8-6+,19-13?;;;. The first-order valence-electron chi connectivity index (χ1n) is 16.1. The molecule has 5 heterocycles. The third-order valence-corrected chi connectivity index (χ3v) is 8.14. The predicted octanol–water partition coefficient (Wildman–Crippen LogP) is 8.88. The number of halogens is 2. The van der Waals surface area contributed by atoms with Crippen LogP contribution < -0.4 is 0 Å². The van der Waals surface area contributed by atoms with Gasteiger partial charge >= 0.3 is 0 Å². The molecule has 0 saturated heterocycles. The number of aromatic nitrogens is 5. The summed E-state index contributed by atoms with van der Waals surface area (Å²) in [5, 5.41) is 12.8. The number of ether oxygens (including phenoxy) is 2. The van der Waals surface area contributed by atoms with E-state index >= 15 is 0 Å². The number of carbonyl (C=O) groups excluding carboxylic acids is 1. The maximum atomic E-state index is 14.6. The van der Waals surface area contributed by atoms with Crippen molar-refractivity contribution in [3.63, 3.8) is 0 Å². The van der Waals surface area contributed by atoms with E-state index in [9.17, 15) is 13.6 Å². The number of fused-ring (bicyclic) bond motifs is 3. The minimum atomic E-state index is -0.737. The molecule has 4 aromatic heterocycles. The third-order valence-electron chi connectivity index (χ3n) is 7.22. The van der Waals surface area contributed by atoms with Crippen LogP contribution in [0.3, 0.4) is 0 Å². The van der Waals surface area contributed by atoms with Crippen LogP contribution in [-0.2, 0) is 34.4 Å². The van der Waals surface area contributed by atoms with Gasteiger partial charge in [-0.3, -0.25) is 14.2 Å². The molecule has 0 saturated carbocycles. The quantitative estimate of drug-likeness (QED) is 0.0665. The van der Waals surface area contributed by atoms with Crippen LogP contribution in [0, 0.1) is 0 Å². The highest BCUT2D eigenvalue weighted by molar-refractivity contribution is 7.17. The maximum absolute atomic E-state index is 14.6. The summed E-state index contributed by atoms with van der Waals surface area (Å²) in [6, 6.07) is 9.81. The van der Waals surface area contributed by atoms with E-state index in [-0.39, 0.29) is 12.2 Å². The summed E-state index contributed by atoms with van der Waals surface area (Å²) in [7, 11) is 3.52. The molecule has 0 radical (unpaired) electrons. The number of carbonyl (C=O) groups is 1. The van der Waals surface area contributed by atoms with Crippen molar-refractivity contribution in [1.82, 2.24) is 29.4 Å². The normalized spacial score (nSPS) is 12.3. The van der Waals surface area contributed by atoms with Crippen LogP contribution in [0.5, 0.6) is 0 Å². The summed E-state index contributed by atoms with van der Waals surface area (Å²) in [4.78, 5) is 18.9. The van der Waals surface area contributed by atoms with E-state index in [2.05, 4.69) is 23.0 Å². The van der Waals surface area contributed by atoms with Gasteiger partial charge in [0, 0.05) is 48.7 Å². The Hall–Kier alpha value is -4.94. The molecule has 0 aliphatic carbocycles. The number of benzene rings is 1.